The fourth-order valence-corrected chi connectivity index (χ4v) is 8.02. The van der Waals surface area contributed by atoms with Crippen LogP contribution in [0.4, 0.5) is 0 Å². The predicted octanol–water partition coefficient (Wildman–Crippen LogP) is 11.4. The molecule has 42 heavy (non-hydrogen) atoms. The molecule has 3 aliphatic carbocycles. The molecule has 0 amide bonds. The third kappa shape index (κ3) is 2.86. The van der Waals surface area contributed by atoms with Crippen molar-refractivity contribution >= 4 is 38.5 Å². The minimum atomic E-state index is 0. The molecule has 1 nitrogen and oxygen atoms in total. The van der Waals surface area contributed by atoms with Crippen LogP contribution in [-0.2, 0) is 6.42 Å². The van der Waals surface area contributed by atoms with Crippen LogP contribution in [0.1, 0.15) is 30.7 Å². The number of aryl methyl sites for hydroxylation is 2. The van der Waals surface area contributed by atoms with Gasteiger partial charge in [0.1, 0.15) is 0 Å². The fraction of sp³-hybridized carbons (Fsp3) is 0.0976. The van der Waals surface area contributed by atoms with E-state index in [0.29, 0.717) is 0 Å². The minimum Gasteiger partial charge on any atom is -0.252 e. The molecule has 0 saturated carbocycles. The van der Waals surface area contributed by atoms with E-state index >= 15 is 0 Å². The highest BCUT2D eigenvalue weighted by molar-refractivity contribution is 6.25. The highest BCUT2D eigenvalue weighted by Crippen LogP contribution is 2.53. The zero-order valence-corrected chi connectivity index (χ0v) is 22.8. The summed E-state index contributed by atoms with van der Waals surface area (Å²) in [5.74, 6) is 0. The Balaban J connectivity index is 0.00000250. The standard InChI is InChI=1S/C40H25N.CH4/c1-22-19-36-27-13-6-3-10-24(27)31-17-18-32(40(41-22)39(31)36)33-20-35-30-16-8-15-29-23-9-2-7-14-28(23)37(38(29)30)21-34(35)26-12-5-4-11-25(26)33;/h2-4,6-11,13-21H,5,12H2,1H3;1H4. The van der Waals surface area contributed by atoms with E-state index in [9.17, 15) is 0 Å². The average molecular weight is 536 g/mol. The van der Waals surface area contributed by atoms with Gasteiger partial charge in [0.15, 0.2) is 0 Å². The van der Waals surface area contributed by atoms with Crippen LogP contribution in [0, 0.1) is 6.92 Å². The molecule has 0 saturated heterocycles. The molecule has 0 N–H and O–H groups in total. The third-order valence-corrected chi connectivity index (χ3v) is 9.67. The molecule has 0 bridgehead atoms. The lowest BCUT2D eigenvalue weighted by Gasteiger charge is -2.21. The molecule has 6 aromatic carbocycles. The fourth-order valence-electron chi connectivity index (χ4n) is 8.02. The van der Waals surface area contributed by atoms with Crippen molar-refractivity contribution in [1.29, 1.82) is 0 Å². The van der Waals surface area contributed by atoms with E-state index in [1.54, 1.807) is 0 Å². The van der Waals surface area contributed by atoms with Gasteiger partial charge in [-0.1, -0.05) is 98.4 Å². The van der Waals surface area contributed by atoms with E-state index in [4.69, 9.17) is 4.98 Å². The normalized spacial score (nSPS) is 13.4. The summed E-state index contributed by atoms with van der Waals surface area (Å²) in [7, 11) is 0. The first-order valence-electron chi connectivity index (χ1n) is 14.6. The molecule has 1 heteroatoms. The number of fused-ring (bicyclic) bond motifs is 10. The third-order valence-electron chi connectivity index (χ3n) is 9.67. The second kappa shape index (κ2) is 8.27. The van der Waals surface area contributed by atoms with Gasteiger partial charge in [-0.05, 0) is 121 Å². The first kappa shape index (κ1) is 23.7. The smallest absolute Gasteiger partial charge is 0.0796 e. The number of hydrogen-bond donors (Lipinski definition) is 0. The first-order valence-corrected chi connectivity index (χ1v) is 14.6. The molecular formula is C41H29N. The Kier molecular flexibility index (Phi) is 4.66. The zero-order chi connectivity index (χ0) is 26.8. The van der Waals surface area contributed by atoms with Crippen LogP contribution < -0.4 is 0 Å². The number of nitrogens with zero attached hydrogens (tertiary/aromatic N) is 1. The Morgan fingerprint density at radius 2 is 1.14 bits per heavy atom. The van der Waals surface area contributed by atoms with Gasteiger partial charge in [-0.15, -0.1) is 0 Å². The molecule has 0 fully saturated rings. The molecular weight excluding hydrogens is 506 g/mol. The van der Waals surface area contributed by atoms with Crippen molar-refractivity contribution < 1.29 is 0 Å². The number of allylic oxidation sites excluding steroid dienone is 1. The molecule has 1 heterocycles. The molecule has 0 aliphatic heterocycles. The molecule has 1 aromatic heterocycles. The van der Waals surface area contributed by atoms with Crippen LogP contribution >= 0.6 is 0 Å². The topological polar surface area (TPSA) is 12.9 Å². The van der Waals surface area contributed by atoms with E-state index in [1.807, 2.05) is 0 Å². The lowest BCUT2D eigenvalue weighted by molar-refractivity contribution is 0.998. The van der Waals surface area contributed by atoms with Gasteiger partial charge in [0.25, 0.3) is 0 Å². The van der Waals surface area contributed by atoms with Gasteiger partial charge >= 0.3 is 0 Å². The molecule has 0 spiro atoms. The second-order valence-corrected chi connectivity index (χ2v) is 11.8. The van der Waals surface area contributed by atoms with E-state index in [1.165, 1.54) is 93.7 Å². The number of aromatic nitrogens is 1. The Bertz CT molecular complexity index is 2370. The molecule has 0 unspecified atom stereocenters. The van der Waals surface area contributed by atoms with Gasteiger partial charge in [0, 0.05) is 16.6 Å². The Hall–Kier alpha value is -5.01. The summed E-state index contributed by atoms with van der Waals surface area (Å²) in [5, 5.41) is 6.78. The molecule has 0 atom stereocenters. The summed E-state index contributed by atoms with van der Waals surface area (Å²) in [6.07, 6.45) is 6.85. The van der Waals surface area contributed by atoms with Crippen molar-refractivity contribution in [1.82, 2.24) is 4.98 Å². The van der Waals surface area contributed by atoms with Crippen LogP contribution in [0.3, 0.4) is 0 Å². The Morgan fingerprint density at radius 1 is 0.524 bits per heavy atom. The van der Waals surface area contributed by atoms with Gasteiger partial charge in [-0.3, -0.25) is 4.98 Å². The first-order chi connectivity index (χ1) is 20.3. The van der Waals surface area contributed by atoms with E-state index in [-0.39, 0.29) is 7.43 Å². The largest absolute Gasteiger partial charge is 0.252 e. The van der Waals surface area contributed by atoms with E-state index in [0.717, 1.165) is 24.1 Å². The van der Waals surface area contributed by atoms with Crippen molar-refractivity contribution in [2.45, 2.75) is 27.2 Å². The number of pyridine rings is 1. The van der Waals surface area contributed by atoms with Crippen molar-refractivity contribution in [3.8, 4) is 55.6 Å². The molecule has 198 valence electrons. The van der Waals surface area contributed by atoms with Crippen molar-refractivity contribution in [3.63, 3.8) is 0 Å². The molecule has 7 aromatic rings. The van der Waals surface area contributed by atoms with Gasteiger partial charge in [0.2, 0.25) is 0 Å². The number of rotatable bonds is 1. The van der Waals surface area contributed by atoms with E-state index < -0.39 is 0 Å². The lowest BCUT2D eigenvalue weighted by Crippen LogP contribution is -2.00. The van der Waals surface area contributed by atoms with Gasteiger partial charge in [-0.25, -0.2) is 0 Å². The highest BCUT2D eigenvalue weighted by atomic mass is 14.7. The van der Waals surface area contributed by atoms with Crippen LogP contribution in [0.15, 0.2) is 103 Å². The maximum Gasteiger partial charge on any atom is 0.0796 e. The van der Waals surface area contributed by atoms with Gasteiger partial charge < -0.3 is 0 Å². The molecule has 3 aliphatic rings. The Morgan fingerprint density at radius 3 is 1.90 bits per heavy atom. The number of hydrogen-bond acceptors (Lipinski definition) is 1. The summed E-state index contributed by atoms with van der Waals surface area (Å²) in [6, 6.07) is 36.4. The van der Waals surface area contributed by atoms with Crippen LogP contribution in [0.5, 0.6) is 0 Å². The van der Waals surface area contributed by atoms with Crippen molar-refractivity contribution in [2.24, 2.45) is 0 Å². The van der Waals surface area contributed by atoms with Crippen molar-refractivity contribution in [2.75, 3.05) is 0 Å². The maximum absolute atomic E-state index is 5.23. The Labute approximate surface area is 245 Å². The van der Waals surface area contributed by atoms with Crippen LogP contribution in [0.2, 0.25) is 0 Å². The predicted molar refractivity (Wildman–Crippen MR) is 180 cm³/mol. The number of benzene rings is 6. The van der Waals surface area contributed by atoms with E-state index in [2.05, 4.69) is 116 Å². The summed E-state index contributed by atoms with van der Waals surface area (Å²) in [5.41, 5.74) is 18.2. The molecule has 10 rings (SSSR count). The molecule has 0 radical (unpaired) electrons. The maximum atomic E-state index is 5.23. The van der Waals surface area contributed by atoms with Gasteiger partial charge in [-0.2, -0.15) is 0 Å². The summed E-state index contributed by atoms with van der Waals surface area (Å²) in [4.78, 5) is 5.23. The van der Waals surface area contributed by atoms with Crippen LogP contribution in [-0.4, -0.2) is 4.98 Å². The highest BCUT2D eigenvalue weighted by Gasteiger charge is 2.27. The van der Waals surface area contributed by atoms with Crippen molar-refractivity contribution in [3.05, 3.63) is 120 Å². The SMILES string of the molecule is C.Cc1cc2c3c(ccc(-c4cc5c(cc6c7c(cccc75)-c5ccccc5-6)c5c4C=CCC5)c3n1)-c1ccccc1-2. The monoisotopic (exact) mass is 535 g/mol. The zero-order valence-electron chi connectivity index (χ0n) is 22.8. The lowest BCUT2D eigenvalue weighted by atomic mass is 9.82. The summed E-state index contributed by atoms with van der Waals surface area (Å²) in [6.45, 7) is 2.13. The minimum absolute atomic E-state index is 0. The average Bonchev–Trinajstić information content (AvgIpc) is 3.52. The second-order valence-electron chi connectivity index (χ2n) is 11.8. The van der Waals surface area contributed by atoms with Crippen LogP contribution in [0.25, 0.3) is 94.2 Å². The quantitative estimate of drug-likeness (QED) is 0.191. The van der Waals surface area contributed by atoms with Gasteiger partial charge in [0.05, 0.1) is 5.52 Å². The summed E-state index contributed by atoms with van der Waals surface area (Å²) < 4.78 is 0. The summed E-state index contributed by atoms with van der Waals surface area (Å²) >= 11 is 0.